The molecule has 2 bridgehead atoms. The van der Waals surface area contributed by atoms with Crippen LogP contribution < -0.4 is 0 Å². The van der Waals surface area contributed by atoms with Crippen molar-refractivity contribution in [3.8, 4) is 6.07 Å². The van der Waals surface area contributed by atoms with Crippen LogP contribution in [0.2, 0.25) is 0 Å². The Morgan fingerprint density at radius 3 is 2.35 bits per heavy atom. The second kappa shape index (κ2) is 3.84. The lowest BCUT2D eigenvalue weighted by Crippen LogP contribution is -2.37. The summed E-state index contributed by atoms with van der Waals surface area (Å²) in [6.07, 6.45) is 7.47. The van der Waals surface area contributed by atoms with Crippen molar-refractivity contribution in [2.24, 2.45) is 5.92 Å². The highest BCUT2D eigenvalue weighted by atomic mass is 19.1. The summed E-state index contributed by atoms with van der Waals surface area (Å²) in [4.78, 5) is 0. The number of fused-ring (bicyclic) bond motifs is 3. The first-order valence-electron chi connectivity index (χ1n) is 6.44. The molecular formula is C15H16FN. The number of rotatable bonds is 1. The second-order valence-corrected chi connectivity index (χ2v) is 5.57. The summed E-state index contributed by atoms with van der Waals surface area (Å²) in [6.45, 7) is 0. The molecule has 0 aromatic heterocycles. The van der Waals surface area contributed by atoms with Gasteiger partial charge in [0.05, 0.1) is 5.56 Å². The van der Waals surface area contributed by atoms with Crippen molar-refractivity contribution < 1.29 is 4.39 Å². The van der Waals surface area contributed by atoms with Gasteiger partial charge in [-0.2, -0.15) is 5.26 Å². The number of benzene rings is 1. The Morgan fingerprint density at radius 1 is 1.18 bits per heavy atom. The number of hydrogen-bond donors (Lipinski definition) is 0. The molecule has 1 aromatic rings. The first-order chi connectivity index (χ1) is 8.23. The Bertz CT molecular complexity index is 464. The van der Waals surface area contributed by atoms with Gasteiger partial charge >= 0.3 is 0 Å². The minimum Gasteiger partial charge on any atom is -0.206 e. The van der Waals surface area contributed by atoms with Gasteiger partial charge in [0, 0.05) is 0 Å². The average Bonchev–Trinajstić information content (AvgIpc) is 2.41. The third-order valence-corrected chi connectivity index (χ3v) is 4.80. The largest absolute Gasteiger partial charge is 0.206 e. The van der Waals surface area contributed by atoms with Crippen molar-refractivity contribution in [1.29, 1.82) is 5.26 Å². The average molecular weight is 229 g/mol. The highest BCUT2D eigenvalue weighted by Gasteiger charge is 2.41. The Labute approximate surface area is 101 Å². The maximum atomic E-state index is 13.7. The van der Waals surface area contributed by atoms with E-state index in [4.69, 9.17) is 5.26 Å². The van der Waals surface area contributed by atoms with Crippen LogP contribution in [0.25, 0.3) is 0 Å². The molecule has 2 heteroatoms. The standard InChI is InChI=1S/C15H16FN/c16-14-9-13(2-1-12(14)10-17)15-6-3-11(4-7-15)5-8-15/h1-2,9,11H,3-8H2. The van der Waals surface area contributed by atoms with E-state index in [1.165, 1.54) is 38.5 Å². The summed E-state index contributed by atoms with van der Waals surface area (Å²) < 4.78 is 13.7. The Balaban J connectivity index is 1.98. The smallest absolute Gasteiger partial charge is 0.141 e. The van der Waals surface area contributed by atoms with Crippen molar-refractivity contribution in [2.75, 3.05) is 0 Å². The Hall–Kier alpha value is -1.36. The SMILES string of the molecule is N#Cc1ccc(C23CCC(CC2)CC3)cc1F. The molecule has 0 amide bonds. The van der Waals surface area contributed by atoms with E-state index in [-0.39, 0.29) is 16.8 Å². The second-order valence-electron chi connectivity index (χ2n) is 5.57. The van der Waals surface area contributed by atoms with Gasteiger partial charge in [-0.25, -0.2) is 4.39 Å². The van der Waals surface area contributed by atoms with Gasteiger partial charge in [-0.1, -0.05) is 6.07 Å². The molecule has 0 atom stereocenters. The van der Waals surface area contributed by atoms with Crippen molar-refractivity contribution in [2.45, 2.75) is 43.9 Å². The molecule has 1 nitrogen and oxygen atoms in total. The van der Waals surface area contributed by atoms with Gasteiger partial charge in [0.15, 0.2) is 0 Å². The van der Waals surface area contributed by atoms with E-state index in [0.717, 1.165) is 11.5 Å². The summed E-state index contributed by atoms with van der Waals surface area (Å²) in [7, 11) is 0. The third-order valence-electron chi connectivity index (χ3n) is 4.80. The van der Waals surface area contributed by atoms with Gasteiger partial charge in [0.1, 0.15) is 11.9 Å². The zero-order valence-corrected chi connectivity index (χ0v) is 9.88. The van der Waals surface area contributed by atoms with Crippen LogP contribution in [0.15, 0.2) is 18.2 Å². The van der Waals surface area contributed by atoms with Crippen LogP contribution in [0.5, 0.6) is 0 Å². The number of halogens is 1. The van der Waals surface area contributed by atoms with E-state index >= 15 is 0 Å². The van der Waals surface area contributed by atoms with E-state index in [1.807, 2.05) is 12.1 Å². The van der Waals surface area contributed by atoms with Crippen molar-refractivity contribution in [3.63, 3.8) is 0 Å². The molecule has 0 N–H and O–H groups in total. The lowest BCUT2D eigenvalue weighted by atomic mass is 9.58. The summed E-state index contributed by atoms with van der Waals surface area (Å²) in [5.41, 5.74) is 1.49. The molecule has 0 spiro atoms. The van der Waals surface area contributed by atoms with Crippen LogP contribution in [0.3, 0.4) is 0 Å². The Kier molecular flexibility index (Phi) is 2.43. The van der Waals surface area contributed by atoms with Crippen molar-refractivity contribution in [3.05, 3.63) is 35.1 Å². The molecule has 3 aliphatic rings. The normalized spacial score (nSPS) is 31.2. The predicted molar refractivity (Wildman–Crippen MR) is 64.0 cm³/mol. The molecule has 0 radical (unpaired) electrons. The predicted octanol–water partition coefficient (Wildman–Crippen LogP) is 3.92. The van der Waals surface area contributed by atoms with Crippen LogP contribution in [0.4, 0.5) is 4.39 Å². The first-order valence-corrected chi connectivity index (χ1v) is 6.44. The Morgan fingerprint density at radius 2 is 1.82 bits per heavy atom. The molecule has 1 aromatic carbocycles. The molecule has 4 rings (SSSR count). The van der Waals surface area contributed by atoms with E-state index in [0.29, 0.717) is 0 Å². The lowest BCUT2D eigenvalue weighted by molar-refractivity contribution is 0.135. The fourth-order valence-corrected chi connectivity index (χ4v) is 3.62. The molecule has 3 fully saturated rings. The van der Waals surface area contributed by atoms with Crippen LogP contribution in [0.1, 0.15) is 49.7 Å². The zero-order valence-electron chi connectivity index (χ0n) is 9.88. The zero-order chi connectivity index (χ0) is 11.9. The summed E-state index contributed by atoms with van der Waals surface area (Å²) in [5, 5.41) is 8.76. The monoisotopic (exact) mass is 229 g/mol. The third kappa shape index (κ3) is 1.65. The maximum absolute atomic E-state index is 13.7. The minimum absolute atomic E-state index is 0.162. The first kappa shape index (κ1) is 10.8. The van der Waals surface area contributed by atoms with Gasteiger partial charge < -0.3 is 0 Å². The molecule has 3 saturated carbocycles. The highest BCUT2D eigenvalue weighted by Crippen LogP contribution is 2.51. The molecule has 0 saturated heterocycles. The fourth-order valence-electron chi connectivity index (χ4n) is 3.62. The quantitative estimate of drug-likeness (QED) is 0.716. The summed E-state index contributed by atoms with van der Waals surface area (Å²) >= 11 is 0. The van der Waals surface area contributed by atoms with Crippen LogP contribution in [-0.2, 0) is 5.41 Å². The van der Waals surface area contributed by atoms with Gasteiger partial charge in [0.25, 0.3) is 0 Å². The van der Waals surface area contributed by atoms with Gasteiger partial charge in [-0.05, 0) is 67.6 Å². The molecule has 17 heavy (non-hydrogen) atoms. The van der Waals surface area contributed by atoms with Crippen molar-refractivity contribution in [1.82, 2.24) is 0 Å². The molecule has 3 aliphatic carbocycles. The van der Waals surface area contributed by atoms with E-state index in [9.17, 15) is 4.39 Å². The van der Waals surface area contributed by atoms with Gasteiger partial charge in [-0.15, -0.1) is 0 Å². The lowest BCUT2D eigenvalue weighted by Gasteiger charge is -2.47. The minimum atomic E-state index is -0.355. The van der Waals surface area contributed by atoms with E-state index in [1.54, 1.807) is 12.1 Å². The summed E-state index contributed by atoms with van der Waals surface area (Å²) in [5.74, 6) is 0.562. The maximum Gasteiger partial charge on any atom is 0.141 e. The molecule has 0 aliphatic heterocycles. The molecule has 0 heterocycles. The summed E-state index contributed by atoms with van der Waals surface area (Å²) in [6, 6.07) is 7.10. The van der Waals surface area contributed by atoms with Crippen LogP contribution in [-0.4, -0.2) is 0 Å². The highest BCUT2D eigenvalue weighted by molar-refractivity contribution is 5.37. The van der Waals surface area contributed by atoms with E-state index < -0.39 is 0 Å². The van der Waals surface area contributed by atoms with Crippen LogP contribution >= 0.6 is 0 Å². The number of hydrogen-bond acceptors (Lipinski definition) is 1. The van der Waals surface area contributed by atoms with E-state index in [2.05, 4.69) is 0 Å². The topological polar surface area (TPSA) is 23.8 Å². The fraction of sp³-hybridized carbons (Fsp3) is 0.533. The number of nitrogens with zero attached hydrogens (tertiary/aromatic N) is 1. The van der Waals surface area contributed by atoms with Crippen molar-refractivity contribution >= 4 is 0 Å². The van der Waals surface area contributed by atoms with Gasteiger partial charge in [-0.3, -0.25) is 0 Å². The molecule has 88 valence electrons. The van der Waals surface area contributed by atoms with Gasteiger partial charge in [0.2, 0.25) is 0 Å². The van der Waals surface area contributed by atoms with Crippen LogP contribution in [0, 0.1) is 23.1 Å². The number of nitriles is 1. The molecule has 0 unspecified atom stereocenters. The molecular weight excluding hydrogens is 213 g/mol.